The molecule has 0 saturated carbocycles. The van der Waals surface area contributed by atoms with E-state index >= 15 is 0 Å². The van der Waals surface area contributed by atoms with Crippen molar-refractivity contribution >= 4 is 25.4 Å². The minimum absolute atomic E-state index is 0.0136. The van der Waals surface area contributed by atoms with Crippen molar-refractivity contribution in [3.05, 3.63) is 34.4 Å². The molecule has 0 N–H and O–H groups in total. The molecule has 19 heavy (non-hydrogen) atoms. The van der Waals surface area contributed by atoms with E-state index in [1.807, 2.05) is 0 Å². The number of halogens is 1. The van der Waals surface area contributed by atoms with Crippen molar-refractivity contribution in [2.45, 2.75) is 19.3 Å². The molecule has 0 bridgehead atoms. The van der Waals surface area contributed by atoms with E-state index < -0.39 is 14.0 Å². The smallest absolute Gasteiger partial charge is 0.269 e. The highest BCUT2D eigenvalue weighted by molar-refractivity contribution is 8.13. The Morgan fingerprint density at radius 2 is 1.79 bits per heavy atom. The van der Waals surface area contributed by atoms with Crippen LogP contribution in [0.25, 0.3) is 0 Å². The van der Waals surface area contributed by atoms with Gasteiger partial charge in [0.2, 0.25) is 9.05 Å². The maximum Gasteiger partial charge on any atom is 0.269 e. The molecule has 0 aliphatic carbocycles. The lowest BCUT2D eigenvalue weighted by Gasteiger charge is -2.05. The Hall–Kier alpha value is -1.34. The monoisotopic (exact) mass is 307 g/mol. The number of hydrogen-bond donors (Lipinski definition) is 0. The van der Waals surface area contributed by atoms with Crippen molar-refractivity contribution < 1.29 is 18.1 Å². The second-order valence-electron chi connectivity index (χ2n) is 3.90. The summed E-state index contributed by atoms with van der Waals surface area (Å²) in [6.07, 6.45) is 1.89. The lowest BCUT2D eigenvalue weighted by molar-refractivity contribution is -0.384. The minimum Gasteiger partial charge on any atom is -0.494 e. The third-order valence-electron chi connectivity index (χ3n) is 2.35. The predicted octanol–water partition coefficient (Wildman–Crippen LogP) is 2.71. The van der Waals surface area contributed by atoms with Gasteiger partial charge in [0, 0.05) is 22.8 Å². The fraction of sp³-hybridized carbons (Fsp3) is 0.455. The van der Waals surface area contributed by atoms with Crippen LogP contribution in [0.4, 0.5) is 5.69 Å². The molecule has 0 unspecified atom stereocenters. The summed E-state index contributed by atoms with van der Waals surface area (Å²) in [7, 11) is 1.66. The summed E-state index contributed by atoms with van der Waals surface area (Å²) >= 11 is 0. The molecule has 1 aromatic carbocycles. The molecule has 1 aromatic rings. The molecular weight excluding hydrogens is 294 g/mol. The Bertz CT molecular complexity index is 514. The van der Waals surface area contributed by atoms with E-state index in [-0.39, 0.29) is 11.4 Å². The van der Waals surface area contributed by atoms with Gasteiger partial charge in [-0.25, -0.2) is 8.42 Å². The maximum absolute atomic E-state index is 10.7. The van der Waals surface area contributed by atoms with Gasteiger partial charge in [-0.1, -0.05) is 0 Å². The molecule has 0 radical (unpaired) electrons. The molecule has 1 rings (SSSR count). The fourth-order valence-electron chi connectivity index (χ4n) is 1.41. The molecule has 0 spiro atoms. The Morgan fingerprint density at radius 3 is 2.32 bits per heavy atom. The standard InChI is InChI=1S/C11H14ClNO5S/c12-19(16,17)9-3-1-2-8-18-11-6-4-10(5-7-11)13(14)15/h4-7H,1-3,8-9H2. The van der Waals surface area contributed by atoms with Gasteiger partial charge in [-0.15, -0.1) is 0 Å². The Labute approximate surface area is 115 Å². The lowest BCUT2D eigenvalue weighted by Crippen LogP contribution is -2.00. The van der Waals surface area contributed by atoms with Gasteiger partial charge < -0.3 is 4.74 Å². The van der Waals surface area contributed by atoms with Crippen LogP contribution in [-0.2, 0) is 9.05 Å². The summed E-state index contributed by atoms with van der Waals surface area (Å²) in [5, 5.41) is 10.4. The zero-order valence-corrected chi connectivity index (χ0v) is 11.7. The highest BCUT2D eigenvalue weighted by Gasteiger charge is 2.05. The first-order valence-electron chi connectivity index (χ1n) is 5.68. The molecule has 106 valence electrons. The molecule has 8 heteroatoms. The van der Waals surface area contributed by atoms with Gasteiger partial charge in [0.25, 0.3) is 5.69 Å². The van der Waals surface area contributed by atoms with Crippen molar-refractivity contribution in [1.29, 1.82) is 0 Å². The van der Waals surface area contributed by atoms with Crippen LogP contribution in [0.15, 0.2) is 24.3 Å². The first kappa shape index (κ1) is 15.7. The van der Waals surface area contributed by atoms with E-state index in [1.165, 1.54) is 24.3 Å². The van der Waals surface area contributed by atoms with E-state index in [0.717, 1.165) is 0 Å². The number of nitro groups is 1. The van der Waals surface area contributed by atoms with Crippen molar-refractivity contribution in [3.8, 4) is 5.75 Å². The van der Waals surface area contributed by atoms with Crippen LogP contribution < -0.4 is 4.74 Å². The summed E-state index contributed by atoms with van der Waals surface area (Å²) in [4.78, 5) is 9.95. The molecule has 0 fully saturated rings. The average molecular weight is 308 g/mol. The van der Waals surface area contributed by atoms with E-state index in [2.05, 4.69) is 0 Å². The van der Waals surface area contributed by atoms with Crippen LogP contribution in [0.3, 0.4) is 0 Å². The Morgan fingerprint density at radius 1 is 1.16 bits per heavy atom. The molecule has 0 aliphatic rings. The second-order valence-corrected chi connectivity index (χ2v) is 6.80. The highest BCUT2D eigenvalue weighted by atomic mass is 35.7. The summed E-state index contributed by atoms with van der Waals surface area (Å²) in [6.45, 7) is 0.431. The van der Waals surface area contributed by atoms with Crippen LogP contribution in [0.2, 0.25) is 0 Å². The summed E-state index contributed by atoms with van der Waals surface area (Å²) in [5.74, 6) is 0.516. The van der Waals surface area contributed by atoms with Crippen molar-refractivity contribution in [2.75, 3.05) is 12.4 Å². The van der Waals surface area contributed by atoms with Gasteiger partial charge in [0.05, 0.1) is 17.3 Å². The van der Waals surface area contributed by atoms with Crippen LogP contribution in [0.1, 0.15) is 19.3 Å². The first-order valence-corrected chi connectivity index (χ1v) is 8.16. The van der Waals surface area contributed by atoms with Crippen LogP contribution in [-0.4, -0.2) is 25.7 Å². The second kappa shape index (κ2) is 7.30. The SMILES string of the molecule is O=[N+]([O-])c1ccc(OCCCCCS(=O)(=O)Cl)cc1. The lowest BCUT2D eigenvalue weighted by atomic mass is 10.2. The van der Waals surface area contributed by atoms with Gasteiger partial charge in [-0.05, 0) is 31.4 Å². The minimum atomic E-state index is -3.41. The zero-order valence-electron chi connectivity index (χ0n) is 10.1. The molecule has 0 atom stereocenters. The number of rotatable bonds is 8. The first-order chi connectivity index (χ1) is 8.88. The van der Waals surface area contributed by atoms with E-state index in [1.54, 1.807) is 0 Å². The molecule has 6 nitrogen and oxygen atoms in total. The normalized spacial score (nSPS) is 11.2. The number of benzene rings is 1. The third-order valence-corrected chi connectivity index (χ3v) is 3.59. The Kier molecular flexibility index (Phi) is 6.04. The van der Waals surface area contributed by atoms with E-state index in [0.29, 0.717) is 31.6 Å². The van der Waals surface area contributed by atoms with Gasteiger partial charge in [0.1, 0.15) is 5.75 Å². The van der Waals surface area contributed by atoms with Gasteiger partial charge in [0.15, 0.2) is 0 Å². The number of non-ortho nitro benzene ring substituents is 1. The average Bonchev–Trinajstić information content (AvgIpc) is 2.33. The highest BCUT2D eigenvalue weighted by Crippen LogP contribution is 2.17. The molecule has 0 heterocycles. The topological polar surface area (TPSA) is 86.5 Å². The fourth-order valence-corrected chi connectivity index (χ4v) is 2.28. The largest absolute Gasteiger partial charge is 0.494 e. The number of ether oxygens (including phenoxy) is 1. The molecule has 0 amide bonds. The van der Waals surface area contributed by atoms with Crippen LogP contribution in [0.5, 0.6) is 5.75 Å². The predicted molar refractivity (Wildman–Crippen MR) is 72.1 cm³/mol. The quantitative estimate of drug-likeness (QED) is 0.319. The van der Waals surface area contributed by atoms with E-state index in [4.69, 9.17) is 15.4 Å². The number of unbranched alkanes of at least 4 members (excludes halogenated alkanes) is 2. The zero-order chi connectivity index (χ0) is 14.3. The third kappa shape index (κ3) is 6.97. The maximum atomic E-state index is 10.7. The molecule has 0 saturated heterocycles. The van der Waals surface area contributed by atoms with E-state index in [9.17, 15) is 18.5 Å². The summed E-state index contributed by atoms with van der Waals surface area (Å²) < 4.78 is 26.7. The summed E-state index contributed by atoms with van der Waals surface area (Å²) in [5.41, 5.74) is 0.0136. The van der Waals surface area contributed by atoms with Crippen molar-refractivity contribution in [1.82, 2.24) is 0 Å². The molecular formula is C11H14ClNO5S. The number of hydrogen-bond acceptors (Lipinski definition) is 5. The number of nitro benzene ring substituents is 1. The van der Waals surface area contributed by atoms with Gasteiger partial charge in [-0.3, -0.25) is 10.1 Å². The molecule has 0 aliphatic heterocycles. The number of nitrogens with zero attached hydrogens (tertiary/aromatic N) is 1. The molecule has 0 aromatic heterocycles. The summed E-state index contributed by atoms with van der Waals surface area (Å²) in [6, 6.07) is 5.80. The van der Waals surface area contributed by atoms with Crippen molar-refractivity contribution in [3.63, 3.8) is 0 Å². The Balaban J connectivity index is 2.21. The van der Waals surface area contributed by atoms with Gasteiger partial charge in [-0.2, -0.15) is 0 Å². The van der Waals surface area contributed by atoms with Gasteiger partial charge >= 0.3 is 0 Å². The van der Waals surface area contributed by atoms with Crippen molar-refractivity contribution in [2.24, 2.45) is 0 Å². The van der Waals surface area contributed by atoms with Crippen LogP contribution >= 0.6 is 10.7 Å². The van der Waals surface area contributed by atoms with Crippen LogP contribution in [0, 0.1) is 10.1 Å².